The molecule has 1 aromatic carbocycles. The van der Waals surface area contributed by atoms with Crippen LogP contribution in [0.3, 0.4) is 0 Å². The van der Waals surface area contributed by atoms with E-state index in [1.165, 1.54) is 5.56 Å². The van der Waals surface area contributed by atoms with Crippen molar-refractivity contribution in [2.24, 2.45) is 0 Å². The molecule has 1 saturated heterocycles. The Morgan fingerprint density at radius 2 is 2.25 bits per heavy atom. The predicted molar refractivity (Wildman–Crippen MR) is 87.3 cm³/mol. The maximum Gasteiger partial charge on any atom is 0.230 e. The standard InChI is InChI=1S/C15H21NO2S2/c1-18-15(7-8-19-12-15)11-16-14(17)10-20-9-13-5-3-2-4-6-13/h2-6H,7-12H2,1H3,(H,16,17). The van der Waals surface area contributed by atoms with E-state index in [1.807, 2.05) is 30.0 Å². The van der Waals surface area contributed by atoms with Crippen molar-refractivity contribution in [1.29, 1.82) is 0 Å². The van der Waals surface area contributed by atoms with E-state index in [4.69, 9.17) is 4.74 Å². The van der Waals surface area contributed by atoms with E-state index in [1.54, 1.807) is 18.9 Å². The van der Waals surface area contributed by atoms with E-state index in [0.717, 1.165) is 23.7 Å². The second-order valence-electron chi connectivity index (χ2n) is 4.94. The molecule has 110 valence electrons. The molecule has 0 spiro atoms. The van der Waals surface area contributed by atoms with E-state index in [0.29, 0.717) is 12.3 Å². The first-order chi connectivity index (χ1) is 9.74. The minimum atomic E-state index is -0.148. The van der Waals surface area contributed by atoms with Gasteiger partial charge in [0.25, 0.3) is 0 Å². The molecule has 0 aliphatic carbocycles. The van der Waals surface area contributed by atoms with Gasteiger partial charge in [0.2, 0.25) is 5.91 Å². The zero-order valence-corrected chi connectivity index (χ0v) is 13.4. The quantitative estimate of drug-likeness (QED) is 0.840. The molecular weight excluding hydrogens is 290 g/mol. The molecule has 1 aliphatic heterocycles. The van der Waals surface area contributed by atoms with Crippen molar-refractivity contribution in [1.82, 2.24) is 5.32 Å². The molecule has 20 heavy (non-hydrogen) atoms. The number of carbonyl (C=O) groups excluding carboxylic acids is 1. The highest BCUT2D eigenvalue weighted by Crippen LogP contribution is 2.30. The third-order valence-corrected chi connectivity index (χ3v) is 5.68. The summed E-state index contributed by atoms with van der Waals surface area (Å²) in [7, 11) is 1.74. The third kappa shape index (κ3) is 4.72. The third-order valence-electron chi connectivity index (χ3n) is 3.45. The molecular formula is C15H21NO2S2. The SMILES string of the molecule is COC1(CNC(=O)CSCc2ccccc2)CCSC1. The first-order valence-corrected chi connectivity index (χ1v) is 9.06. The summed E-state index contributed by atoms with van der Waals surface area (Å²) in [6, 6.07) is 10.2. The van der Waals surface area contributed by atoms with E-state index < -0.39 is 0 Å². The zero-order chi connectivity index (χ0) is 14.3. The van der Waals surface area contributed by atoms with Gasteiger partial charge in [0.1, 0.15) is 0 Å². The van der Waals surface area contributed by atoms with Gasteiger partial charge in [0.15, 0.2) is 0 Å². The van der Waals surface area contributed by atoms with Crippen LogP contribution in [0.15, 0.2) is 30.3 Å². The Morgan fingerprint density at radius 3 is 2.90 bits per heavy atom. The van der Waals surface area contributed by atoms with Gasteiger partial charge in [-0.3, -0.25) is 4.79 Å². The average Bonchev–Trinajstić information content (AvgIpc) is 2.96. The number of benzene rings is 1. The lowest BCUT2D eigenvalue weighted by Crippen LogP contribution is -2.45. The largest absolute Gasteiger partial charge is 0.376 e. The van der Waals surface area contributed by atoms with Crippen LogP contribution >= 0.6 is 23.5 Å². The van der Waals surface area contributed by atoms with Crippen LogP contribution in [0, 0.1) is 0 Å². The van der Waals surface area contributed by atoms with Crippen LogP contribution in [0.2, 0.25) is 0 Å². The Bertz CT molecular complexity index is 419. The molecule has 0 bridgehead atoms. The predicted octanol–water partition coefficient (Wildman–Crippen LogP) is 2.56. The highest BCUT2D eigenvalue weighted by molar-refractivity contribution is 7.99. The van der Waals surface area contributed by atoms with Gasteiger partial charge >= 0.3 is 0 Å². The average molecular weight is 311 g/mol. The van der Waals surface area contributed by atoms with Crippen molar-refractivity contribution in [2.45, 2.75) is 17.8 Å². The lowest BCUT2D eigenvalue weighted by Gasteiger charge is -2.26. The Balaban J connectivity index is 1.65. The number of thioether (sulfide) groups is 2. The first kappa shape index (κ1) is 15.7. The summed E-state index contributed by atoms with van der Waals surface area (Å²) in [5.41, 5.74) is 1.11. The van der Waals surface area contributed by atoms with Gasteiger partial charge in [-0.1, -0.05) is 30.3 Å². The molecule has 1 atom stereocenters. The maximum atomic E-state index is 11.9. The van der Waals surface area contributed by atoms with Crippen molar-refractivity contribution in [3.05, 3.63) is 35.9 Å². The number of amides is 1. The molecule has 1 N–H and O–H groups in total. The Labute approximate surface area is 129 Å². The van der Waals surface area contributed by atoms with Crippen LogP contribution in [0.25, 0.3) is 0 Å². The summed E-state index contributed by atoms with van der Waals surface area (Å²) < 4.78 is 5.58. The van der Waals surface area contributed by atoms with Crippen LogP contribution < -0.4 is 5.32 Å². The van der Waals surface area contributed by atoms with Crippen LogP contribution in [-0.4, -0.2) is 42.4 Å². The normalized spacial score (nSPS) is 21.9. The molecule has 0 radical (unpaired) electrons. The Hall–Kier alpha value is -0.650. The zero-order valence-electron chi connectivity index (χ0n) is 11.8. The molecule has 0 aromatic heterocycles. The maximum absolute atomic E-state index is 11.9. The molecule has 1 aliphatic rings. The van der Waals surface area contributed by atoms with Gasteiger partial charge in [-0.2, -0.15) is 11.8 Å². The highest BCUT2D eigenvalue weighted by atomic mass is 32.2. The molecule has 2 rings (SSSR count). The number of methoxy groups -OCH3 is 1. The van der Waals surface area contributed by atoms with Crippen molar-refractivity contribution in [3.8, 4) is 0 Å². The van der Waals surface area contributed by atoms with Crippen LogP contribution in [0.1, 0.15) is 12.0 Å². The molecule has 0 saturated carbocycles. The van der Waals surface area contributed by atoms with E-state index in [2.05, 4.69) is 17.4 Å². The van der Waals surface area contributed by atoms with E-state index in [-0.39, 0.29) is 11.5 Å². The lowest BCUT2D eigenvalue weighted by molar-refractivity contribution is -0.119. The fourth-order valence-electron chi connectivity index (χ4n) is 2.11. The molecule has 5 heteroatoms. The summed E-state index contributed by atoms with van der Waals surface area (Å²) in [4.78, 5) is 11.9. The van der Waals surface area contributed by atoms with Crippen molar-refractivity contribution in [2.75, 3.05) is 30.9 Å². The molecule has 1 aromatic rings. The number of ether oxygens (including phenoxy) is 1. The molecule has 3 nitrogen and oxygen atoms in total. The smallest absolute Gasteiger partial charge is 0.230 e. The lowest BCUT2D eigenvalue weighted by atomic mass is 10.0. The number of nitrogens with one attached hydrogen (secondary N) is 1. The summed E-state index contributed by atoms with van der Waals surface area (Å²) >= 11 is 3.54. The minimum absolute atomic E-state index is 0.0965. The topological polar surface area (TPSA) is 38.3 Å². The summed E-state index contributed by atoms with van der Waals surface area (Å²) in [6.45, 7) is 0.626. The molecule has 1 amide bonds. The Kier molecular flexibility index (Phi) is 6.26. The van der Waals surface area contributed by atoms with Crippen LogP contribution in [-0.2, 0) is 15.3 Å². The van der Waals surface area contributed by atoms with Gasteiger partial charge in [-0.25, -0.2) is 0 Å². The fourth-order valence-corrected chi connectivity index (χ4v) is 4.32. The number of carbonyl (C=O) groups is 1. The van der Waals surface area contributed by atoms with E-state index >= 15 is 0 Å². The molecule has 1 heterocycles. The van der Waals surface area contributed by atoms with Gasteiger partial charge < -0.3 is 10.1 Å². The summed E-state index contributed by atoms with van der Waals surface area (Å²) in [5, 5.41) is 3.00. The van der Waals surface area contributed by atoms with Crippen LogP contribution in [0.4, 0.5) is 0 Å². The monoisotopic (exact) mass is 311 g/mol. The highest BCUT2D eigenvalue weighted by Gasteiger charge is 2.34. The summed E-state index contributed by atoms with van der Waals surface area (Å²) in [5.74, 6) is 3.56. The van der Waals surface area contributed by atoms with Crippen LogP contribution in [0.5, 0.6) is 0 Å². The number of hydrogen-bond acceptors (Lipinski definition) is 4. The molecule has 1 unspecified atom stereocenters. The second kappa shape index (κ2) is 7.96. The van der Waals surface area contributed by atoms with E-state index in [9.17, 15) is 4.79 Å². The number of hydrogen-bond donors (Lipinski definition) is 1. The Morgan fingerprint density at radius 1 is 1.45 bits per heavy atom. The van der Waals surface area contributed by atoms with Crippen molar-refractivity contribution in [3.63, 3.8) is 0 Å². The van der Waals surface area contributed by atoms with Crippen molar-refractivity contribution >= 4 is 29.4 Å². The van der Waals surface area contributed by atoms with Gasteiger partial charge in [-0.05, 0) is 17.7 Å². The fraction of sp³-hybridized carbons (Fsp3) is 0.533. The van der Waals surface area contributed by atoms with Gasteiger partial charge in [0, 0.05) is 25.2 Å². The molecule has 1 fully saturated rings. The van der Waals surface area contributed by atoms with Gasteiger partial charge in [0.05, 0.1) is 11.4 Å². The minimum Gasteiger partial charge on any atom is -0.376 e. The number of rotatable bonds is 7. The second-order valence-corrected chi connectivity index (χ2v) is 7.04. The van der Waals surface area contributed by atoms with Crippen molar-refractivity contribution < 1.29 is 9.53 Å². The first-order valence-electron chi connectivity index (χ1n) is 6.75. The summed E-state index contributed by atoms with van der Waals surface area (Å²) in [6.07, 6.45) is 1.02. The van der Waals surface area contributed by atoms with Gasteiger partial charge in [-0.15, -0.1) is 11.8 Å².